The Morgan fingerprint density at radius 1 is 1.55 bits per heavy atom. The molecule has 1 amide bonds. The van der Waals surface area contributed by atoms with Gasteiger partial charge in [0.1, 0.15) is 12.0 Å². The van der Waals surface area contributed by atoms with Crippen molar-refractivity contribution in [3.63, 3.8) is 0 Å². The van der Waals surface area contributed by atoms with Gasteiger partial charge in [-0.15, -0.1) is 0 Å². The molecule has 0 saturated carbocycles. The maximum atomic E-state index is 11.9. The number of hydrogen-bond donors (Lipinski definition) is 2. The van der Waals surface area contributed by atoms with Crippen molar-refractivity contribution in [3.8, 4) is 0 Å². The van der Waals surface area contributed by atoms with Crippen molar-refractivity contribution in [3.05, 3.63) is 45.5 Å². The average molecular weight is 277 g/mol. The topological polar surface area (TPSA) is 137 Å². The molecule has 3 N–H and O–H groups in total. The second-order valence-electron chi connectivity index (χ2n) is 4.00. The van der Waals surface area contributed by atoms with E-state index in [1.54, 1.807) is 13.0 Å². The van der Waals surface area contributed by atoms with E-state index in [0.717, 1.165) is 12.3 Å². The van der Waals surface area contributed by atoms with Crippen LogP contribution in [0.5, 0.6) is 0 Å². The number of amides is 1. The van der Waals surface area contributed by atoms with E-state index in [2.05, 4.69) is 15.5 Å². The summed E-state index contributed by atoms with van der Waals surface area (Å²) in [5.41, 5.74) is 5.85. The Labute approximate surface area is 112 Å². The summed E-state index contributed by atoms with van der Waals surface area (Å²) in [6.45, 7) is 1.85. The number of nitrogen functional groups attached to an aromatic ring is 1. The molecule has 0 spiro atoms. The number of rotatable bonds is 4. The highest BCUT2D eigenvalue weighted by Crippen LogP contribution is 2.16. The van der Waals surface area contributed by atoms with Gasteiger partial charge in [-0.25, -0.2) is 4.98 Å². The van der Waals surface area contributed by atoms with Gasteiger partial charge < -0.3 is 15.6 Å². The lowest BCUT2D eigenvalue weighted by molar-refractivity contribution is -0.385. The molecule has 0 bridgehead atoms. The first kappa shape index (κ1) is 13.5. The Bertz CT molecular complexity index is 667. The van der Waals surface area contributed by atoms with Gasteiger partial charge in [-0.1, -0.05) is 5.16 Å². The second-order valence-corrected chi connectivity index (χ2v) is 4.00. The molecule has 0 atom stereocenters. The first-order valence-electron chi connectivity index (χ1n) is 5.57. The van der Waals surface area contributed by atoms with E-state index in [4.69, 9.17) is 10.3 Å². The molecule has 0 aromatic carbocycles. The Balaban J connectivity index is 2.12. The standard InChI is InChI=1S/C11H11N5O4/c1-6-2-8(20-15-6)5-14-11(17)9-3-7(16(18)19)4-13-10(9)12/h2-4H,5H2,1H3,(H2,12,13)(H,14,17). The lowest BCUT2D eigenvalue weighted by atomic mass is 10.2. The molecule has 0 aliphatic rings. The number of anilines is 1. The van der Waals surface area contributed by atoms with Crippen LogP contribution in [-0.2, 0) is 6.54 Å². The molecule has 0 aliphatic heterocycles. The van der Waals surface area contributed by atoms with Crippen molar-refractivity contribution in [2.75, 3.05) is 5.73 Å². The Hall–Kier alpha value is -2.97. The summed E-state index contributed by atoms with van der Waals surface area (Å²) in [7, 11) is 0. The molecule has 9 nitrogen and oxygen atoms in total. The van der Waals surface area contributed by atoms with Crippen LogP contribution in [0.4, 0.5) is 11.5 Å². The molecule has 2 aromatic heterocycles. The average Bonchev–Trinajstić information content (AvgIpc) is 2.82. The quantitative estimate of drug-likeness (QED) is 0.622. The molecule has 2 rings (SSSR count). The third kappa shape index (κ3) is 2.88. The fourth-order valence-electron chi connectivity index (χ4n) is 1.51. The molecule has 2 aromatic rings. The monoisotopic (exact) mass is 277 g/mol. The van der Waals surface area contributed by atoms with Crippen LogP contribution in [0.15, 0.2) is 22.9 Å². The highest BCUT2D eigenvalue weighted by molar-refractivity contribution is 5.98. The zero-order chi connectivity index (χ0) is 14.7. The van der Waals surface area contributed by atoms with E-state index in [9.17, 15) is 14.9 Å². The van der Waals surface area contributed by atoms with Crippen molar-refractivity contribution < 1.29 is 14.2 Å². The van der Waals surface area contributed by atoms with Crippen LogP contribution in [0.2, 0.25) is 0 Å². The van der Waals surface area contributed by atoms with Crippen LogP contribution in [0.3, 0.4) is 0 Å². The Morgan fingerprint density at radius 3 is 2.90 bits per heavy atom. The van der Waals surface area contributed by atoms with Gasteiger partial charge >= 0.3 is 0 Å². The number of aromatic nitrogens is 2. The summed E-state index contributed by atoms with van der Waals surface area (Å²) >= 11 is 0. The normalized spacial score (nSPS) is 10.2. The molecule has 104 valence electrons. The van der Waals surface area contributed by atoms with Gasteiger partial charge in [-0.3, -0.25) is 14.9 Å². The Morgan fingerprint density at radius 2 is 2.30 bits per heavy atom. The first-order valence-corrected chi connectivity index (χ1v) is 5.57. The van der Waals surface area contributed by atoms with Crippen LogP contribution < -0.4 is 11.1 Å². The Kier molecular flexibility index (Phi) is 3.60. The molecular formula is C11H11N5O4. The van der Waals surface area contributed by atoms with Gasteiger partial charge in [0, 0.05) is 12.1 Å². The minimum atomic E-state index is -0.650. The third-order valence-corrected chi connectivity index (χ3v) is 2.46. The minimum absolute atomic E-state index is 0.0598. The van der Waals surface area contributed by atoms with Crippen LogP contribution >= 0.6 is 0 Å². The van der Waals surface area contributed by atoms with E-state index >= 15 is 0 Å². The number of carbonyl (C=O) groups excluding carboxylic acids is 1. The number of carbonyl (C=O) groups is 1. The predicted octanol–water partition coefficient (Wildman–Crippen LogP) is 0.798. The summed E-state index contributed by atoms with van der Waals surface area (Å²) in [6.07, 6.45) is 0.992. The van der Waals surface area contributed by atoms with Crippen molar-refractivity contribution in [2.45, 2.75) is 13.5 Å². The van der Waals surface area contributed by atoms with E-state index in [1.807, 2.05) is 0 Å². The lowest BCUT2D eigenvalue weighted by Crippen LogP contribution is -2.24. The largest absolute Gasteiger partial charge is 0.383 e. The fraction of sp³-hybridized carbons (Fsp3) is 0.182. The number of aryl methyl sites for hydroxylation is 1. The first-order chi connectivity index (χ1) is 9.47. The molecule has 20 heavy (non-hydrogen) atoms. The summed E-state index contributed by atoms with van der Waals surface area (Å²) in [6, 6.07) is 2.73. The molecule has 0 fully saturated rings. The van der Waals surface area contributed by atoms with Crippen LogP contribution in [0, 0.1) is 17.0 Å². The molecular weight excluding hydrogens is 266 g/mol. The molecule has 0 saturated heterocycles. The van der Waals surface area contributed by atoms with Gasteiger partial charge in [-0.2, -0.15) is 0 Å². The van der Waals surface area contributed by atoms with Gasteiger partial charge in [0.25, 0.3) is 11.6 Å². The number of nitrogens with one attached hydrogen (secondary N) is 1. The van der Waals surface area contributed by atoms with Gasteiger partial charge in [-0.05, 0) is 6.92 Å². The molecule has 2 heterocycles. The second kappa shape index (κ2) is 5.34. The lowest BCUT2D eigenvalue weighted by Gasteiger charge is -2.05. The maximum absolute atomic E-state index is 11.9. The summed E-state index contributed by atoms with van der Waals surface area (Å²) < 4.78 is 4.92. The van der Waals surface area contributed by atoms with E-state index in [-0.39, 0.29) is 23.6 Å². The van der Waals surface area contributed by atoms with Crippen molar-refractivity contribution in [1.82, 2.24) is 15.5 Å². The summed E-state index contributed by atoms with van der Waals surface area (Å²) in [4.78, 5) is 25.5. The SMILES string of the molecule is Cc1cc(CNC(=O)c2cc([N+](=O)[O-])cnc2N)on1. The van der Waals surface area contributed by atoms with E-state index in [1.165, 1.54) is 0 Å². The molecule has 0 unspecified atom stereocenters. The number of hydrogen-bond acceptors (Lipinski definition) is 7. The summed E-state index contributed by atoms with van der Waals surface area (Å²) in [5, 5.41) is 16.8. The van der Waals surface area contributed by atoms with Crippen molar-refractivity contribution in [2.24, 2.45) is 0 Å². The third-order valence-electron chi connectivity index (χ3n) is 2.46. The van der Waals surface area contributed by atoms with E-state index < -0.39 is 10.8 Å². The van der Waals surface area contributed by atoms with Gasteiger partial charge in [0.2, 0.25) is 0 Å². The molecule has 0 radical (unpaired) electrons. The fourth-order valence-corrected chi connectivity index (χ4v) is 1.51. The van der Waals surface area contributed by atoms with Crippen LogP contribution in [0.1, 0.15) is 21.8 Å². The zero-order valence-corrected chi connectivity index (χ0v) is 10.5. The zero-order valence-electron chi connectivity index (χ0n) is 10.5. The molecule has 0 aliphatic carbocycles. The minimum Gasteiger partial charge on any atom is -0.383 e. The number of pyridine rings is 1. The predicted molar refractivity (Wildman–Crippen MR) is 67.7 cm³/mol. The summed E-state index contributed by atoms with van der Waals surface area (Å²) in [5.74, 6) is -0.192. The van der Waals surface area contributed by atoms with E-state index in [0.29, 0.717) is 11.5 Å². The highest BCUT2D eigenvalue weighted by Gasteiger charge is 2.16. The highest BCUT2D eigenvalue weighted by atomic mass is 16.6. The van der Waals surface area contributed by atoms with Crippen LogP contribution in [0.25, 0.3) is 0 Å². The molecule has 9 heteroatoms. The van der Waals surface area contributed by atoms with Gasteiger partial charge in [0.05, 0.1) is 22.7 Å². The van der Waals surface area contributed by atoms with Crippen molar-refractivity contribution >= 4 is 17.4 Å². The number of nitro groups is 1. The van der Waals surface area contributed by atoms with Crippen LogP contribution in [-0.4, -0.2) is 21.0 Å². The smallest absolute Gasteiger partial charge is 0.288 e. The maximum Gasteiger partial charge on any atom is 0.288 e. The number of nitrogens with zero attached hydrogens (tertiary/aromatic N) is 3. The van der Waals surface area contributed by atoms with Crippen molar-refractivity contribution in [1.29, 1.82) is 0 Å². The van der Waals surface area contributed by atoms with Gasteiger partial charge in [0.15, 0.2) is 5.76 Å². The number of nitrogens with two attached hydrogens (primary N) is 1.